The van der Waals surface area contributed by atoms with Crippen LogP contribution in [0.3, 0.4) is 0 Å². The second-order valence-corrected chi connectivity index (χ2v) is 8.41. The molecule has 1 unspecified atom stereocenters. The van der Waals surface area contributed by atoms with Gasteiger partial charge >= 0.3 is 0 Å². The Morgan fingerprint density at radius 1 is 1.16 bits per heavy atom. The second kappa shape index (κ2) is 13.6. The number of nitrogens with one attached hydrogen (secondary N) is 2. The number of likely N-dealkylation sites (tertiary alicyclic amines) is 1. The van der Waals surface area contributed by atoms with Gasteiger partial charge < -0.3 is 16.4 Å². The van der Waals surface area contributed by atoms with Crippen molar-refractivity contribution in [1.29, 1.82) is 0 Å². The number of nitrogens with two attached hydrogens (primary N) is 1. The Morgan fingerprint density at radius 3 is 2.66 bits per heavy atom. The van der Waals surface area contributed by atoms with Crippen molar-refractivity contribution in [2.45, 2.75) is 39.4 Å². The van der Waals surface area contributed by atoms with E-state index in [1.807, 2.05) is 24.3 Å². The van der Waals surface area contributed by atoms with Gasteiger partial charge in [0, 0.05) is 31.2 Å². The van der Waals surface area contributed by atoms with Crippen LogP contribution in [0.1, 0.15) is 36.5 Å². The van der Waals surface area contributed by atoms with Gasteiger partial charge in [0.2, 0.25) is 5.91 Å². The highest BCUT2D eigenvalue weighted by Crippen LogP contribution is 2.19. The zero-order chi connectivity index (χ0) is 22.1. The first-order valence-corrected chi connectivity index (χ1v) is 11.3. The third kappa shape index (κ3) is 8.60. The Bertz CT molecular complexity index is 907. The number of rotatable bonds is 8. The van der Waals surface area contributed by atoms with Crippen molar-refractivity contribution in [3.05, 3.63) is 70.2 Å². The number of amides is 1. The van der Waals surface area contributed by atoms with Crippen molar-refractivity contribution >= 4 is 47.4 Å². The van der Waals surface area contributed by atoms with Crippen LogP contribution >= 0.6 is 35.6 Å². The van der Waals surface area contributed by atoms with E-state index in [1.54, 1.807) is 0 Å². The van der Waals surface area contributed by atoms with Crippen LogP contribution in [0.5, 0.6) is 0 Å². The molecule has 0 bridgehead atoms. The van der Waals surface area contributed by atoms with E-state index in [9.17, 15) is 4.79 Å². The van der Waals surface area contributed by atoms with Gasteiger partial charge in [-0.1, -0.05) is 48.0 Å². The standard InChI is InChI=1S/C24H32ClN5O.HI/c1-2-27-24(29-15-19-7-4-10-22(25)13-19)28-14-18-6-3-8-20(12-18)16-30-11-5-9-21(17-30)23(26)31;/h3-4,6-8,10,12-13,21H,2,5,9,11,14-17H2,1H3,(H2,26,31)(H2,27,28,29);1H. The summed E-state index contributed by atoms with van der Waals surface area (Å²) in [6.07, 6.45) is 1.91. The molecule has 1 aliphatic rings. The lowest BCUT2D eigenvalue weighted by molar-refractivity contribution is -0.123. The number of primary amides is 1. The highest BCUT2D eigenvalue weighted by atomic mass is 127. The molecule has 0 spiro atoms. The van der Waals surface area contributed by atoms with Gasteiger partial charge in [-0.2, -0.15) is 0 Å². The average Bonchev–Trinajstić information content (AvgIpc) is 2.76. The van der Waals surface area contributed by atoms with Gasteiger partial charge in [-0.25, -0.2) is 4.99 Å². The van der Waals surface area contributed by atoms with Crippen LogP contribution in [0, 0.1) is 5.92 Å². The lowest BCUT2D eigenvalue weighted by Crippen LogP contribution is -2.40. The third-order valence-electron chi connectivity index (χ3n) is 5.42. The van der Waals surface area contributed by atoms with Crippen LogP contribution in [0.4, 0.5) is 0 Å². The molecule has 1 amide bonds. The van der Waals surface area contributed by atoms with Gasteiger partial charge in [-0.3, -0.25) is 9.69 Å². The van der Waals surface area contributed by atoms with Crippen molar-refractivity contribution < 1.29 is 4.79 Å². The number of hydrogen-bond acceptors (Lipinski definition) is 3. The summed E-state index contributed by atoms with van der Waals surface area (Å²) in [5.41, 5.74) is 9.00. The van der Waals surface area contributed by atoms with Crippen molar-refractivity contribution in [2.75, 3.05) is 19.6 Å². The normalized spacial score (nSPS) is 16.8. The topological polar surface area (TPSA) is 82.8 Å². The summed E-state index contributed by atoms with van der Waals surface area (Å²) in [7, 11) is 0. The van der Waals surface area contributed by atoms with Gasteiger partial charge in [0.05, 0.1) is 12.5 Å². The molecule has 1 fully saturated rings. The molecule has 1 saturated heterocycles. The van der Waals surface area contributed by atoms with E-state index < -0.39 is 0 Å². The largest absolute Gasteiger partial charge is 0.369 e. The van der Waals surface area contributed by atoms with Crippen molar-refractivity contribution in [3.63, 3.8) is 0 Å². The number of carbonyl (C=O) groups is 1. The van der Waals surface area contributed by atoms with Gasteiger partial charge in [-0.15, -0.1) is 24.0 Å². The quantitative estimate of drug-likeness (QED) is 0.256. The number of benzene rings is 2. The molecule has 3 rings (SSSR count). The molecule has 6 nitrogen and oxygen atoms in total. The molecule has 1 heterocycles. The van der Waals surface area contributed by atoms with Gasteiger partial charge in [0.25, 0.3) is 0 Å². The zero-order valence-electron chi connectivity index (χ0n) is 18.5. The van der Waals surface area contributed by atoms with Crippen molar-refractivity contribution in [3.8, 4) is 0 Å². The number of halogens is 2. The first-order valence-electron chi connectivity index (χ1n) is 10.9. The maximum Gasteiger partial charge on any atom is 0.221 e. The van der Waals surface area contributed by atoms with Crippen LogP contribution in [0.2, 0.25) is 5.02 Å². The molecular formula is C24H33ClIN5O. The first-order chi connectivity index (χ1) is 15.0. The first kappa shape index (κ1) is 26.4. The minimum absolute atomic E-state index is 0. The van der Waals surface area contributed by atoms with Crippen LogP contribution in [-0.4, -0.2) is 36.4 Å². The predicted molar refractivity (Wildman–Crippen MR) is 142 cm³/mol. The van der Waals surface area contributed by atoms with E-state index >= 15 is 0 Å². The Hall–Kier alpha value is -1.84. The number of piperidine rings is 1. The average molecular weight is 570 g/mol. The highest BCUT2D eigenvalue weighted by molar-refractivity contribution is 14.0. The third-order valence-corrected chi connectivity index (χ3v) is 5.65. The minimum Gasteiger partial charge on any atom is -0.369 e. The molecule has 0 radical (unpaired) electrons. The van der Waals surface area contributed by atoms with Gasteiger partial charge in [0.1, 0.15) is 0 Å². The van der Waals surface area contributed by atoms with Crippen LogP contribution in [0.15, 0.2) is 53.5 Å². The fourth-order valence-corrected chi connectivity index (χ4v) is 4.07. The van der Waals surface area contributed by atoms with E-state index in [0.717, 1.165) is 61.1 Å². The van der Waals surface area contributed by atoms with Gasteiger partial charge in [0.15, 0.2) is 5.96 Å². The number of aliphatic imine (C=N–C) groups is 1. The lowest BCUT2D eigenvalue weighted by Gasteiger charge is -2.31. The molecule has 4 N–H and O–H groups in total. The number of guanidine groups is 1. The molecule has 0 aromatic heterocycles. The Morgan fingerprint density at radius 2 is 1.91 bits per heavy atom. The maximum absolute atomic E-state index is 11.5. The monoisotopic (exact) mass is 569 g/mol. The molecule has 174 valence electrons. The predicted octanol–water partition coefficient (Wildman–Crippen LogP) is 3.91. The lowest BCUT2D eigenvalue weighted by atomic mass is 9.97. The zero-order valence-corrected chi connectivity index (χ0v) is 21.6. The van der Waals surface area contributed by atoms with Crippen LogP contribution in [0.25, 0.3) is 0 Å². The molecule has 1 atom stereocenters. The Labute approximate surface area is 213 Å². The smallest absolute Gasteiger partial charge is 0.221 e. The highest BCUT2D eigenvalue weighted by Gasteiger charge is 2.23. The summed E-state index contributed by atoms with van der Waals surface area (Å²) < 4.78 is 0. The molecule has 2 aromatic carbocycles. The van der Waals surface area contributed by atoms with Crippen LogP contribution in [-0.2, 0) is 24.4 Å². The molecule has 8 heteroatoms. The fourth-order valence-electron chi connectivity index (χ4n) is 3.86. The minimum atomic E-state index is -0.186. The molecule has 0 saturated carbocycles. The SMILES string of the molecule is CCNC(=NCc1cccc(CN2CCCC(C(N)=O)C2)c1)NCc1cccc(Cl)c1.I. The number of nitrogens with zero attached hydrogens (tertiary/aromatic N) is 2. The summed E-state index contributed by atoms with van der Waals surface area (Å²) in [5, 5.41) is 7.38. The maximum atomic E-state index is 11.5. The number of hydrogen-bond donors (Lipinski definition) is 3. The van der Waals surface area contributed by atoms with E-state index in [-0.39, 0.29) is 35.8 Å². The fraction of sp³-hybridized carbons (Fsp3) is 0.417. The Balaban J connectivity index is 0.00000363. The summed E-state index contributed by atoms with van der Waals surface area (Å²) in [6, 6.07) is 16.3. The Kier molecular flexibility index (Phi) is 11.3. The molecule has 1 aliphatic heterocycles. The molecule has 2 aromatic rings. The van der Waals surface area contributed by atoms with E-state index in [1.165, 1.54) is 5.56 Å². The van der Waals surface area contributed by atoms with E-state index in [4.69, 9.17) is 22.3 Å². The summed E-state index contributed by atoms with van der Waals surface area (Å²) in [6.45, 7) is 6.66. The van der Waals surface area contributed by atoms with Gasteiger partial charge in [-0.05, 0) is 55.1 Å². The summed E-state index contributed by atoms with van der Waals surface area (Å²) >= 11 is 6.07. The summed E-state index contributed by atoms with van der Waals surface area (Å²) in [5.74, 6) is 0.553. The molecular weight excluding hydrogens is 537 g/mol. The van der Waals surface area contributed by atoms with Crippen LogP contribution < -0.4 is 16.4 Å². The summed E-state index contributed by atoms with van der Waals surface area (Å²) in [4.78, 5) is 18.6. The molecule has 0 aliphatic carbocycles. The van der Waals surface area contributed by atoms with E-state index in [0.29, 0.717) is 13.1 Å². The van der Waals surface area contributed by atoms with Crippen molar-refractivity contribution in [1.82, 2.24) is 15.5 Å². The molecule has 32 heavy (non-hydrogen) atoms. The van der Waals surface area contributed by atoms with Crippen molar-refractivity contribution in [2.24, 2.45) is 16.6 Å². The number of carbonyl (C=O) groups excluding carboxylic acids is 1. The van der Waals surface area contributed by atoms with E-state index in [2.05, 4.69) is 46.7 Å². The second-order valence-electron chi connectivity index (χ2n) is 7.98.